The number of methoxy groups -OCH3 is 1. The van der Waals surface area contributed by atoms with Gasteiger partial charge in [0.05, 0.1) is 12.0 Å². The number of hydrogen-bond donors (Lipinski definition) is 1. The molecular formula is C20H21NO4S. The summed E-state index contributed by atoms with van der Waals surface area (Å²) in [6, 6.07) is 18.6. The summed E-state index contributed by atoms with van der Waals surface area (Å²) in [6.45, 7) is 2.23. The zero-order chi connectivity index (χ0) is 18.6. The molecule has 1 N–H and O–H groups in total. The molecule has 0 spiro atoms. The zero-order valence-corrected chi connectivity index (χ0v) is 15.5. The van der Waals surface area contributed by atoms with E-state index in [4.69, 9.17) is 9.47 Å². The lowest BCUT2D eigenvalue weighted by Gasteiger charge is -2.11. The average molecular weight is 371 g/mol. The summed E-state index contributed by atoms with van der Waals surface area (Å²) >= 11 is 0. The summed E-state index contributed by atoms with van der Waals surface area (Å²) in [5.41, 5.74) is 0.766. The van der Waals surface area contributed by atoms with Gasteiger partial charge in [0.15, 0.2) is 0 Å². The lowest BCUT2D eigenvalue weighted by atomic mass is 10.1. The third-order valence-electron chi connectivity index (χ3n) is 4.06. The molecule has 0 radical (unpaired) electrons. The fourth-order valence-electron chi connectivity index (χ4n) is 2.70. The van der Waals surface area contributed by atoms with Gasteiger partial charge in [-0.05, 0) is 53.6 Å². The molecule has 26 heavy (non-hydrogen) atoms. The highest BCUT2D eigenvalue weighted by molar-refractivity contribution is 7.89. The van der Waals surface area contributed by atoms with Crippen LogP contribution in [0.4, 0.5) is 0 Å². The minimum Gasteiger partial charge on any atom is -0.496 e. The lowest BCUT2D eigenvalue weighted by molar-refractivity contribution is 0.323. The van der Waals surface area contributed by atoms with Crippen molar-refractivity contribution in [2.24, 2.45) is 0 Å². The molecule has 3 aromatic carbocycles. The number of ether oxygens (including phenoxy) is 2. The van der Waals surface area contributed by atoms with Gasteiger partial charge < -0.3 is 9.47 Å². The smallest absolute Gasteiger partial charge is 0.240 e. The summed E-state index contributed by atoms with van der Waals surface area (Å²) in [5.74, 6) is 1.37. The van der Waals surface area contributed by atoms with Crippen LogP contribution in [0.2, 0.25) is 0 Å². The molecule has 6 heteroatoms. The minimum absolute atomic E-state index is 0.181. The molecule has 5 nitrogen and oxygen atoms in total. The van der Waals surface area contributed by atoms with Crippen LogP contribution in [0.3, 0.4) is 0 Å². The molecule has 0 saturated heterocycles. The van der Waals surface area contributed by atoms with E-state index in [-0.39, 0.29) is 18.0 Å². The second-order valence-electron chi connectivity index (χ2n) is 5.89. The Morgan fingerprint density at radius 2 is 1.73 bits per heavy atom. The van der Waals surface area contributed by atoms with Gasteiger partial charge in [-0.3, -0.25) is 0 Å². The summed E-state index contributed by atoms with van der Waals surface area (Å²) in [5, 5.41) is 2.22. The topological polar surface area (TPSA) is 64.6 Å². The molecule has 0 aromatic heterocycles. The molecule has 0 bridgehead atoms. The van der Waals surface area contributed by atoms with Crippen LogP contribution in [0, 0.1) is 6.92 Å². The van der Waals surface area contributed by atoms with E-state index in [1.54, 1.807) is 26.2 Å². The number of fused-ring (bicyclic) bond motifs is 1. The lowest BCUT2D eigenvalue weighted by Crippen LogP contribution is -2.28. The van der Waals surface area contributed by atoms with E-state index in [1.165, 1.54) is 6.07 Å². The number of nitrogens with one attached hydrogen (secondary N) is 1. The van der Waals surface area contributed by atoms with Gasteiger partial charge in [0.1, 0.15) is 18.1 Å². The van der Waals surface area contributed by atoms with Crippen molar-refractivity contribution < 1.29 is 17.9 Å². The molecule has 0 aliphatic carbocycles. The third-order valence-corrected chi connectivity index (χ3v) is 5.52. The van der Waals surface area contributed by atoms with Crippen LogP contribution in [0.25, 0.3) is 10.8 Å². The number of rotatable bonds is 7. The molecule has 0 aliphatic heterocycles. The quantitative estimate of drug-likeness (QED) is 0.646. The van der Waals surface area contributed by atoms with E-state index in [1.807, 2.05) is 42.5 Å². The normalized spacial score (nSPS) is 11.5. The molecule has 0 unspecified atom stereocenters. The fourth-order valence-corrected chi connectivity index (χ4v) is 3.80. The Balaban J connectivity index is 1.58. The SMILES string of the molecule is COc1ccc(S(=O)(=O)NCCOc2ccc3ccccc3c2)cc1C. The van der Waals surface area contributed by atoms with Gasteiger partial charge in [0.2, 0.25) is 10.0 Å². The van der Waals surface area contributed by atoms with E-state index in [2.05, 4.69) is 4.72 Å². The minimum atomic E-state index is -3.58. The van der Waals surface area contributed by atoms with Crippen LogP contribution < -0.4 is 14.2 Å². The van der Waals surface area contributed by atoms with Crippen molar-refractivity contribution in [3.8, 4) is 11.5 Å². The van der Waals surface area contributed by atoms with Crippen LogP contribution in [0.5, 0.6) is 11.5 Å². The van der Waals surface area contributed by atoms with Gasteiger partial charge >= 0.3 is 0 Å². The summed E-state index contributed by atoms with van der Waals surface area (Å²) in [4.78, 5) is 0.210. The maximum absolute atomic E-state index is 12.4. The monoisotopic (exact) mass is 371 g/mol. The summed E-state index contributed by atoms with van der Waals surface area (Å²) < 4.78 is 38.1. The molecule has 3 rings (SSSR count). The van der Waals surface area contributed by atoms with Gasteiger partial charge in [-0.15, -0.1) is 0 Å². The Kier molecular flexibility index (Phi) is 5.44. The third kappa shape index (κ3) is 4.15. The Morgan fingerprint density at radius 1 is 0.962 bits per heavy atom. The molecule has 3 aromatic rings. The van der Waals surface area contributed by atoms with Crippen LogP contribution in [-0.4, -0.2) is 28.7 Å². The van der Waals surface area contributed by atoms with Crippen molar-refractivity contribution in [3.63, 3.8) is 0 Å². The standard InChI is InChI=1S/C20H21NO4S/c1-15-13-19(9-10-20(15)24-2)26(22,23)21-11-12-25-18-8-7-16-5-3-4-6-17(16)14-18/h3-10,13-14,21H,11-12H2,1-2H3. The molecule has 0 atom stereocenters. The Hall–Kier alpha value is -2.57. The predicted molar refractivity (Wildman–Crippen MR) is 102 cm³/mol. The number of hydrogen-bond acceptors (Lipinski definition) is 4. The molecule has 0 aliphatic rings. The van der Waals surface area contributed by atoms with Gasteiger partial charge in [-0.2, -0.15) is 0 Å². The van der Waals surface area contributed by atoms with Crippen LogP contribution in [0.15, 0.2) is 65.6 Å². The van der Waals surface area contributed by atoms with Crippen LogP contribution >= 0.6 is 0 Å². The number of aryl methyl sites for hydroxylation is 1. The first-order chi connectivity index (χ1) is 12.5. The van der Waals surface area contributed by atoms with Crippen molar-refractivity contribution in [1.82, 2.24) is 4.72 Å². The van der Waals surface area contributed by atoms with Crippen molar-refractivity contribution in [3.05, 3.63) is 66.2 Å². The van der Waals surface area contributed by atoms with E-state index in [0.717, 1.165) is 16.3 Å². The van der Waals surface area contributed by atoms with Crippen molar-refractivity contribution in [1.29, 1.82) is 0 Å². The number of benzene rings is 3. The molecule has 0 saturated carbocycles. The van der Waals surface area contributed by atoms with E-state index in [9.17, 15) is 8.42 Å². The fraction of sp³-hybridized carbons (Fsp3) is 0.200. The van der Waals surface area contributed by atoms with Gasteiger partial charge in [0, 0.05) is 6.54 Å². The highest BCUT2D eigenvalue weighted by atomic mass is 32.2. The highest BCUT2D eigenvalue weighted by Gasteiger charge is 2.14. The van der Waals surface area contributed by atoms with E-state index >= 15 is 0 Å². The highest BCUT2D eigenvalue weighted by Crippen LogP contribution is 2.22. The second-order valence-corrected chi connectivity index (χ2v) is 7.65. The van der Waals surface area contributed by atoms with E-state index in [0.29, 0.717) is 11.5 Å². The maximum atomic E-state index is 12.4. The Labute approximate surface area is 153 Å². The number of sulfonamides is 1. The van der Waals surface area contributed by atoms with Crippen LogP contribution in [0.1, 0.15) is 5.56 Å². The first-order valence-corrected chi connectivity index (χ1v) is 9.74. The first kappa shape index (κ1) is 18.2. The van der Waals surface area contributed by atoms with Gasteiger partial charge in [0.25, 0.3) is 0 Å². The Morgan fingerprint density at radius 3 is 2.46 bits per heavy atom. The first-order valence-electron chi connectivity index (χ1n) is 8.25. The zero-order valence-electron chi connectivity index (χ0n) is 14.7. The van der Waals surface area contributed by atoms with Crippen LogP contribution in [-0.2, 0) is 10.0 Å². The molecule has 136 valence electrons. The summed E-state index contributed by atoms with van der Waals surface area (Å²) in [6.07, 6.45) is 0. The average Bonchev–Trinajstić information content (AvgIpc) is 2.65. The van der Waals surface area contributed by atoms with Crippen molar-refractivity contribution in [2.45, 2.75) is 11.8 Å². The summed E-state index contributed by atoms with van der Waals surface area (Å²) in [7, 11) is -2.03. The molecule has 0 amide bonds. The van der Waals surface area contributed by atoms with Gasteiger partial charge in [-0.25, -0.2) is 13.1 Å². The predicted octanol–water partition coefficient (Wildman–Crippen LogP) is 3.51. The Bertz CT molecular complexity index is 1020. The largest absolute Gasteiger partial charge is 0.496 e. The van der Waals surface area contributed by atoms with Crippen molar-refractivity contribution >= 4 is 20.8 Å². The van der Waals surface area contributed by atoms with Gasteiger partial charge in [-0.1, -0.05) is 30.3 Å². The van der Waals surface area contributed by atoms with E-state index < -0.39 is 10.0 Å². The molecular weight excluding hydrogens is 350 g/mol. The second kappa shape index (κ2) is 7.76. The molecule has 0 heterocycles. The maximum Gasteiger partial charge on any atom is 0.240 e. The van der Waals surface area contributed by atoms with Crippen molar-refractivity contribution in [2.75, 3.05) is 20.3 Å². The molecule has 0 fully saturated rings.